The van der Waals surface area contributed by atoms with E-state index in [4.69, 9.17) is 23.1 Å². The molecule has 0 fully saturated rings. The van der Waals surface area contributed by atoms with Crippen LogP contribution in [0.15, 0.2) is 23.1 Å². The highest BCUT2D eigenvalue weighted by Gasteiger charge is 2.05. The van der Waals surface area contributed by atoms with Crippen molar-refractivity contribution in [2.75, 3.05) is 11.5 Å². The van der Waals surface area contributed by atoms with Gasteiger partial charge < -0.3 is 11.5 Å². The van der Waals surface area contributed by atoms with Crippen molar-refractivity contribution in [1.82, 2.24) is 5.32 Å². The first-order valence-corrected chi connectivity index (χ1v) is 5.62. The van der Waals surface area contributed by atoms with Crippen LogP contribution in [0.4, 0.5) is 10.5 Å². The van der Waals surface area contributed by atoms with E-state index in [0.29, 0.717) is 10.7 Å². The molecule has 0 bridgehead atoms. The zero-order chi connectivity index (χ0) is 12.1. The summed E-state index contributed by atoms with van der Waals surface area (Å²) in [5.74, 6) is -0.367. The van der Waals surface area contributed by atoms with Gasteiger partial charge in [-0.3, -0.25) is 10.1 Å². The Bertz CT molecular complexity index is 425. The number of hydrogen-bond donors (Lipinski definition) is 3. The maximum absolute atomic E-state index is 11.1. The molecule has 1 rings (SSSR count). The molecule has 86 valence electrons. The molecule has 0 spiro atoms. The predicted octanol–water partition coefficient (Wildman–Crippen LogP) is 1.21. The molecule has 1 aromatic carbocycles. The molecule has 7 heteroatoms. The molecule has 0 saturated heterocycles. The summed E-state index contributed by atoms with van der Waals surface area (Å²) in [6.45, 7) is 0. The van der Waals surface area contributed by atoms with E-state index in [1.807, 2.05) is 5.32 Å². The molecule has 16 heavy (non-hydrogen) atoms. The van der Waals surface area contributed by atoms with Crippen LogP contribution in [0.3, 0.4) is 0 Å². The Hall–Kier alpha value is -1.40. The predicted molar refractivity (Wildman–Crippen MR) is 64.3 cm³/mol. The van der Waals surface area contributed by atoms with Crippen LogP contribution >= 0.6 is 23.4 Å². The van der Waals surface area contributed by atoms with Gasteiger partial charge in [0, 0.05) is 4.90 Å². The number of primary amides is 1. The molecular formula is C9H10ClN3O2S. The molecular weight excluding hydrogens is 250 g/mol. The lowest BCUT2D eigenvalue weighted by Crippen LogP contribution is -2.36. The first-order valence-electron chi connectivity index (χ1n) is 4.26. The smallest absolute Gasteiger partial charge is 0.318 e. The van der Waals surface area contributed by atoms with E-state index in [2.05, 4.69) is 0 Å². The Kier molecular flexibility index (Phi) is 4.45. The van der Waals surface area contributed by atoms with Crippen molar-refractivity contribution in [2.45, 2.75) is 4.90 Å². The number of anilines is 1. The molecule has 5 nitrogen and oxygen atoms in total. The maximum Gasteiger partial charge on any atom is 0.318 e. The van der Waals surface area contributed by atoms with Gasteiger partial charge in [-0.2, -0.15) is 0 Å². The number of hydrogen-bond acceptors (Lipinski definition) is 4. The zero-order valence-electron chi connectivity index (χ0n) is 8.20. The van der Waals surface area contributed by atoms with Crippen molar-refractivity contribution < 1.29 is 9.59 Å². The number of imide groups is 1. The summed E-state index contributed by atoms with van der Waals surface area (Å²) in [6, 6.07) is 4.18. The van der Waals surface area contributed by atoms with Crippen LogP contribution in [-0.2, 0) is 4.79 Å². The molecule has 0 aliphatic rings. The second-order valence-electron chi connectivity index (χ2n) is 2.88. The summed E-state index contributed by atoms with van der Waals surface area (Å²) in [5, 5.41) is 2.39. The summed E-state index contributed by atoms with van der Waals surface area (Å²) in [7, 11) is 0. The van der Waals surface area contributed by atoms with E-state index in [1.165, 1.54) is 11.8 Å². The molecule has 0 aliphatic heterocycles. The van der Waals surface area contributed by atoms with Crippen molar-refractivity contribution in [3.05, 3.63) is 23.2 Å². The second kappa shape index (κ2) is 5.62. The normalized spacial score (nSPS) is 9.81. The van der Waals surface area contributed by atoms with E-state index in [9.17, 15) is 9.59 Å². The third-order valence-corrected chi connectivity index (χ3v) is 2.93. The highest BCUT2D eigenvalue weighted by atomic mass is 35.5. The van der Waals surface area contributed by atoms with E-state index >= 15 is 0 Å². The number of rotatable bonds is 3. The SMILES string of the molecule is NC(=O)NC(=O)CSc1ccc(N)c(Cl)c1. The summed E-state index contributed by atoms with van der Waals surface area (Å²) in [4.78, 5) is 22.2. The van der Waals surface area contributed by atoms with Crippen molar-refractivity contribution in [3.8, 4) is 0 Å². The van der Waals surface area contributed by atoms with Gasteiger partial charge in [0.25, 0.3) is 0 Å². The Morgan fingerprint density at radius 1 is 1.44 bits per heavy atom. The van der Waals surface area contributed by atoms with E-state index in [1.54, 1.807) is 18.2 Å². The van der Waals surface area contributed by atoms with Gasteiger partial charge in [-0.05, 0) is 18.2 Å². The largest absolute Gasteiger partial charge is 0.398 e. The first kappa shape index (κ1) is 12.7. The molecule has 1 aromatic rings. The van der Waals surface area contributed by atoms with Crippen molar-refractivity contribution in [3.63, 3.8) is 0 Å². The van der Waals surface area contributed by atoms with Crippen LogP contribution in [0.5, 0.6) is 0 Å². The van der Waals surface area contributed by atoms with Crippen LogP contribution in [0.2, 0.25) is 5.02 Å². The molecule has 0 heterocycles. The number of nitrogen functional groups attached to an aromatic ring is 1. The van der Waals surface area contributed by atoms with Gasteiger partial charge in [0.15, 0.2) is 0 Å². The van der Waals surface area contributed by atoms with Crippen molar-refractivity contribution in [1.29, 1.82) is 0 Å². The van der Waals surface area contributed by atoms with Gasteiger partial charge in [-0.25, -0.2) is 4.79 Å². The lowest BCUT2D eigenvalue weighted by atomic mass is 10.3. The minimum Gasteiger partial charge on any atom is -0.398 e. The van der Waals surface area contributed by atoms with Crippen LogP contribution in [0, 0.1) is 0 Å². The minimum absolute atomic E-state index is 0.0865. The number of thioether (sulfide) groups is 1. The maximum atomic E-state index is 11.1. The second-order valence-corrected chi connectivity index (χ2v) is 4.34. The number of benzene rings is 1. The first-order chi connectivity index (χ1) is 7.49. The van der Waals surface area contributed by atoms with Crippen LogP contribution in [0.25, 0.3) is 0 Å². The standard InChI is InChI=1S/C9H10ClN3O2S/c10-6-3-5(1-2-7(6)11)16-4-8(14)13-9(12)15/h1-3H,4,11H2,(H3,12,13,14,15). The zero-order valence-corrected chi connectivity index (χ0v) is 9.77. The minimum atomic E-state index is -0.860. The van der Waals surface area contributed by atoms with E-state index in [0.717, 1.165) is 4.90 Å². The number of urea groups is 1. The van der Waals surface area contributed by atoms with Gasteiger partial charge in [0.05, 0.1) is 16.5 Å². The summed E-state index contributed by atoms with van der Waals surface area (Å²) in [6.07, 6.45) is 0. The third kappa shape index (κ3) is 4.00. The number of carbonyl (C=O) groups is 2. The lowest BCUT2D eigenvalue weighted by molar-refractivity contribution is -0.117. The fourth-order valence-electron chi connectivity index (χ4n) is 0.920. The summed E-state index contributed by atoms with van der Waals surface area (Å²) in [5.41, 5.74) is 10.8. The highest BCUT2D eigenvalue weighted by Crippen LogP contribution is 2.25. The van der Waals surface area contributed by atoms with E-state index in [-0.39, 0.29) is 5.75 Å². The number of nitrogens with one attached hydrogen (secondary N) is 1. The third-order valence-electron chi connectivity index (χ3n) is 1.60. The van der Waals surface area contributed by atoms with Crippen LogP contribution in [0.1, 0.15) is 0 Å². The Labute approximate surface area is 102 Å². The number of halogens is 1. The molecule has 0 aliphatic carbocycles. The van der Waals surface area contributed by atoms with Gasteiger partial charge >= 0.3 is 6.03 Å². The number of amides is 3. The Morgan fingerprint density at radius 2 is 2.12 bits per heavy atom. The monoisotopic (exact) mass is 259 g/mol. The number of nitrogens with two attached hydrogens (primary N) is 2. The Morgan fingerprint density at radius 3 is 2.69 bits per heavy atom. The van der Waals surface area contributed by atoms with Crippen LogP contribution < -0.4 is 16.8 Å². The number of carbonyl (C=O) groups excluding carboxylic acids is 2. The van der Waals surface area contributed by atoms with Gasteiger partial charge in [-0.1, -0.05) is 11.6 Å². The van der Waals surface area contributed by atoms with Crippen LogP contribution in [-0.4, -0.2) is 17.7 Å². The quantitative estimate of drug-likeness (QED) is 0.561. The average molecular weight is 260 g/mol. The average Bonchev–Trinajstić information content (AvgIpc) is 2.19. The molecule has 0 saturated carbocycles. The highest BCUT2D eigenvalue weighted by molar-refractivity contribution is 8.00. The fraction of sp³-hybridized carbons (Fsp3) is 0.111. The summed E-state index contributed by atoms with van der Waals surface area (Å²) < 4.78 is 0. The van der Waals surface area contributed by atoms with Crippen molar-refractivity contribution in [2.24, 2.45) is 5.73 Å². The van der Waals surface area contributed by atoms with Crippen molar-refractivity contribution >= 4 is 41.0 Å². The lowest BCUT2D eigenvalue weighted by Gasteiger charge is -2.03. The van der Waals surface area contributed by atoms with E-state index < -0.39 is 11.9 Å². The fourth-order valence-corrected chi connectivity index (χ4v) is 1.90. The molecule has 5 N–H and O–H groups in total. The van der Waals surface area contributed by atoms with Gasteiger partial charge in [0.1, 0.15) is 0 Å². The summed E-state index contributed by atoms with van der Waals surface area (Å²) >= 11 is 7.03. The van der Waals surface area contributed by atoms with Gasteiger partial charge in [0.2, 0.25) is 5.91 Å². The van der Waals surface area contributed by atoms with Gasteiger partial charge in [-0.15, -0.1) is 11.8 Å². The Balaban J connectivity index is 2.51. The molecule has 0 atom stereocenters. The molecule has 0 radical (unpaired) electrons. The molecule has 3 amide bonds. The molecule has 0 unspecified atom stereocenters. The molecule has 0 aromatic heterocycles. The topological polar surface area (TPSA) is 98.2 Å².